The van der Waals surface area contributed by atoms with Crippen molar-refractivity contribution >= 4 is 26.1 Å². The number of rotatable bonds is 3. The summed E-state index contributed by atoms with van der Waals surface area (Å²) < 4.78 is 0. The van der Waals surface area contributed by atoms with Crippen LogP contribution >= 0.6 is 20.2 Å². The molecule has 0 saturated carbocycles. The Morgan fingerprint density at radius 2 is 1.81 bits per heavy atom. The van der Waals surface area contributed by atoms with E-state index < -0.39 is 0 Å². The third-order valence-corrected chi connectivity index (χ3v) is 5.14. The molecule has 0 radical (unpaired) electrons. The van der Waals surface area contributed by atoms with Crippen molar-refractivity contribution in [1.82, 2.24) is 10.2 Å². The predicted octanol–water partition coefficient (Wildman–Crippen LogP) is 2.72. The zero-order valence-corrected chi connectivity index (χ0v) is 17.5. The van der Waals surface area contributed by atoms with E-state index in [0.29, 0.717) is 12.0 Å². The molecule has 3 rings (SSSR count). The first-order valence-corrected chi connectivity index (χ1v) is 11.2. The quantitative estimate of drug-likeness (QED) is 0.708. The van der Waals surface area contributed by atoms with Crippen LogP contribution in [0.15, 0.2) is 24.3 Å². The molecule has 26 heavy (non-hydrogen) atoms. The molecule has 8 heteroatoms. The number of aryl methyl sites for hydroxylation is 1. The Kier molecular flexibility index (Phi) is 13.6. The Morgan fingerprint density at radius 3 is 2.50 bits per heavy atom. The van der Waals surface area contributed by atoms with E-state index >= 15 is 0 Å². The van der Waals surface area contributed by atoms with Crippen molar-refractivity contribution in [1.29, 1.82) is 0 Å². The number of nitrogens with one attached hydrogen (secondary N) is 1. The molecule has 1 amide bonds. The van der Waals surface area contributed by atoms with Gasteiger partial charge in [-0.05, 0) is 63.2 Å². The summed E-state index contributed by atoms with van der Waals surface area (Å²) in [6.45, 7) is 5.34. The molecule has 2 aliphatic rings. The van der Waals surface area contributed by atoms with Crippen LogP contribution in [0.2, 0.25) is 0 Å². The van der Waals surface area contributed by atoms with Gasteiger partial charge in [0.1, 0.15) is 0 Å². The topological polar surface area (TPSA) is 95.3 Å². The van der Waals surface area contributed by atoms with Crippen LogP contribution in [0.4, 0.5) is 0 Å². The molecule has 0 aromatic heterocycles. The number of hydrogen-bond acceptors (Lipinski definition) is 2. The molecule has 2 atom stereocenters. The number of nitrogens with zero attached hydrogens (tertiary/aromatic N) is 1. The van der Waals surface area contributed by atoms with E-state index in [9.17, 15) is 4.79 Å². The average Bonchev–Trinajstić information content (AvgIpc) is 2.61. The molecule has 155 valence electrons. The molecule has 0 aliphatic carbocycles. The van der Waals surface area contributed by atoms with Crippen molar-refractivity contribution in [2.45, 2.75) is 45.1 Å². The van der Waals surface area contributed by atoms with Crippen LogP contribution in [-0.2, 0) is 13.1 Å². The first-order valence-electron chi connectivity index (χ1n) is 8.56. The number of hydrogen-bond donors (Lipinski definition) is 1. The van der Waals surface area contributed by atoms with Gasteiger partial charge in [0.2, 0.25) is 0 Å². The van der Waals surface area contributed by atoms with Crippen molar-refractivity contribution in [2.24, 2.45) is 5.92 Å². The van der Waals surface area contributed by atoms with Gasteiger partial charge in [-0.25, -0.2) is 0 Å². The van der Waals surface area contributed by atoms with Crippen LogP contribution in [0.1, 0.15) is 48.0 Å². The van der Waals surface area contributed by atoms with Crippen molar-refractivity contribution in [3.8, 4) is 0 Å². The predicted molar refractivity (Wildman–Crippen MR) is 104 cm³/mol. The van der Waals surface area contributed by atoms with Crippen LogP contribution in [0.5, 0.6) is 0 Å². The van der Waals surface area contributed by atoms with E-state index in [-0.39, 0.29) is 16.9 Å². The zero-order valence-electron chi connectivity index (χ0n) is 15.0. The fraction of sp³-hybridized carbons (Fsp3) is 0.611. The Bertz CT molecular complexity index is 535. The summed E-state index contributed by atoms with van der Waals surface area (Å²) in [4.78, 5) is 15.0. The van der Waals surface area contributed by atoms with E-state index in [0.717, 1.165) is 30.8 Å². The second-order valence-electron chi connectivity index (χ2n) is 6.57. The van der Waals surface area contributed by atoms with Crippen LogP contribution < -0.4 is 5.32 Å². The summed E-state index contributed by atoms with van der Waals surface area (Å²) in [6.07, 6.45) is 6.55. The monoisotopic (exact) mass is 455 g/mol. The Labute approximate surface area is 171 Å². The van der Waals surface area contributed by atoms with Crippen molar-refractivity contribution in [3.63, 3.8) is 0 Å². The molecule has 2 heterocycles. The maximum atomic E-state index is 12.3. The molecular formula is C18H30Cl2CuN2O3. The molecule has 2 saturated heterocycles. The number of benzene rings is 1. The standard InChI is InChI=1S/C18H26N2O.2ClH.Cu.2H2O/c1-14-7-2-3-9-16(14)18(21)19-13-15-8-6-12-20-11-5-4-10-17(15)20;;;;;/h2-3,7,9,15,17H,4-6,8,10-13H2,1H3,(H,19,21);2*1H;;2*1H2/q;;;+2;;/p-2. The fourth-order valence-electron chi connectivity index (χ4n) is 3.96. The SMILES string of the molecule is Cc1ccccc1C(=O)NCC1CCCN2CCCCC12.O.O.[Cl][Cu][Cl]. The van der Waals surface area contributed by atoms with Crippen molar-refractivity contribution in [3.05, 3.63) is 35.4 Å². The van der Waals surface area contributed by atoms with E-state index in [2.05, 4.69) is 30.4 Å². The second-order valence-corrected chi connectivity index (χ2v) is 8.12. The number of halogens is 2. The molecule has 5 nitrogen and oxygen atoms in total. The van der Waals surface area contributed by atoms with E-state index in [1.807, 2.05) is 31.2 Å². The van der Waals surface area contributed by atoms with Crippen LogP contribution in [0.3, 0.4) is 0 Å². The van der Waals surface area contributed by atoms with Gasteiger partial charge in [-0.15, -0.1) is 0 Å². The van der Waals surface area contributed by atoms with Gasteiger partial charge in [0.15, 0.2) is 0 Å². The van der Waals surface area contributed by atoms with Crippen LogP contribution in [0.25, 0.3) is 0 Å². The van der Waals surface area contributed by atoms with E-state index in [4.69, 9.17) is 0 Å². The summed E-state index contributed by atoms with van der Waals surface area (Å²) in [7, 11) is 9.34. The molecular weight excluding hydrogens is 427 g/mol. The summed E-state index contributed by atoms with van der Waals surface area (Å²) in [6, 6.07) is 8.53. The first kappa shape index (κ1) is 25.7. The van der Waals surface area contributed by atoms with Gasteiger partial charge in [-0.2, -0.15) is 0 Å². The Balaban J connectivity index is 0.00000117. The third kappa shape index (κ3) is 7.35. The van der Waals surface area contributed by atoms with Crippen molar-refractivity contribution in [2.75, 3.05) is 19.6 Å². The summed E-state index contributed by atoms with van der Waals surface area (Å²) in [5, 5.41) is 3.18. The fourth-order valence-corrected chi connectivity index (χ4v) is 3.96. The summed E-state index contributed by atoms with van der Waals surface area (Å²) in [5.74, 6) is 0.716. The third-order valence-electron chi connectivity index (χ3n) is 5.14. The van der Waals surface area contributed by atoms with Crippen LogP contribution in [-0.4, -0.2) is 47.4 Å². The molecule has 0 bridgehead atoms. The number of amides is 1. The van der Waals surface area contributed by atoms with Gasteiger partial charge in [-0.3, -0.25) is 4.79 Å². The first-order chi connectivity index (χ1) is 11.7. The normalized spacial score (nSPS) is 22.0. The van der Waals surface area contributed by atoms with Gasteiger partial charge < -0.3 is 21.2 Å². The minimum atomic E-state index is 0. The number of piperidine rings is 2. The number of carbonyl (C=O) groups excluding carboxylic acids is 1. The summed E-state index contributed by atoms with van der Waals surface area (Å²) in [5.41, 5.74) is 1.87. The van der Waals surface area contributed by atoms with Gasteiger partial charge in [0.05, 0.1) is 0 Å². The zero-order chi connectivity index (χ0) is 17.4. The molecule has 0 spiro atoms. The van der Waals surface area contributed by atoms with E-state index in [1.54, 1.807) is 0 Å². The van der Waals surface area contributed by atoms with E-state index in [1.165, 1.54) is 45.2 Å². The van der Waals surface area contributed by atoms with Crippen molar-refractivity contribution < 1.29 is 28.9 Å². The van der Waals surface area contributed by atoms with Crippen LogP contribution in [0, 0.1) is 12.8 Å². The molecule has 1 aromatic rings. The molecule has 2 aliphatic heterocycles. The molecule has 5 N–H and O–H groups in total. The summed E-state index contributed by atoms with van der Waals surface area (Å²) >= 11 is 0.757. The minimum absolute atomic E-state index is 0. The second kappa shape index (κ2) is 13.8. The Hall–Kier alpha value is -0.331. The molecule has 1 aromatic carbocycles. The number of fused-ring (bicyclic) bond motifs is 1. The Morgan fingerprint density at radius 1 is 1.15 bits per heavy atom. The number of carbonyl (C=O) groups is 1. The van der Waals surface area contributed by atoms with Gasteiger partial charge in [0.25, 0.3) is 5.91 Å². The van der Waals surface area contributed by atoms with Gasteiger partial charge in [0, 0.05) is 18.2 Å². The average molecular weight is 457 g/mol. The molecule has 2 fully saturated rings. The van der Waals surface area contributed by atoms with Gasteiger partial charge in [-0.1, -0.05) is 24.6 Å². The van der Waals surface area contributed by atoms with Gasteiger partial charge >= 0.3 is 33.3 Å². The maximum absolute atomic E-state index is 12.3. The molecule has 2 unspecified atom stereocenters.